The zero-order valence-electron chi connectivity index (χ0n) is 17.8. The van der Waals surface area contributed by atoms with Gasteiger partial charge < -0.3 is 5.11 Å². The van der Waals surface area contributed by atoms with Gasteiger partial charge in [-0.25, -0.2) is 4.68 Å². The van der Waals surface area contributed by atoms with Crippen LogP contribution in [0.2, 0.25) is 0 Å². The Hall–Kier alpha value is -3.66. The number of aromatic hydroxyl groups is 1. The minimum atomic E-state index is -0.193. The van der Waals surface area contributed by atoms with Gasteiger partial charge in [-0.05, 0) is 43.9 Å². The number of benzene rings is 3. The van der Waals surface area contributed by atoms with Gasteiger partial charge in [0.2, 0.25) is 0 Å². The van der Waals surface area contributed by atoms with Gasteiger partial charge in [0.1, 0.15) is 5.75 Å². The molecule has 31 heavy (non-hydrogen) atoms. The summed E-state index contributed by atoms with van der Waals surface area (Å²) >= 11 is 0. The van der Waals surface area contributed by atoms with E-state index in [-0.39, 0.29) is 17.4 Å². The monoisotopic (exact) mass is 410 g/mol. The molecule has 1 heterocycles. The van der Waals surface area contributed by atoms with Crippen LogP contribution in [0.15, 0.2) is 89.7 Å². The van der Waals surface area contributed by atoms with Crippen LogP contribution < -0.4 is 5.56 Å². The molecule has 1 atom stereocenters. The maximum Gasteiger partial charge on any atom is 0.271 e. The summed E-state index contributed by atoms with van der Waals surface area (Å²) in [6, 6.07) is 27.0. The third kappa shape index (κ3) is 4.29. The summed E-state index contributed by atoms with van der Waals surface area (Å²) in [5, 5.41) is 15.2. The summed E-state index contributed by atoms with van der Waals surface area (Å²) in [6.07, 6.45) is 1.30. The molecule has 0 aliphatic heterocycles. The molecule has 4 nitrogen and oxygen atoms in total. The lowest BCUT2D eigenvalue weighted by atomic mass is 9.94. The standard InChI is InChI=1S/C27H26N2O2/c1-19-26(23-15-9-10-16-25(23)30)24(18-17-21-11-5-3-6-12-21)27(31)29(28-19)20(2)22-13-7-4-8-14-22/h3-16,20,30H,17-18H2,1-2H3. The number of nitrogens with zero attached hydrogens (tertiary/aromatic N) is 2. The molecule has 0 fully saturated rings. The van der Waals surface area contributed by atoms with E-state index in [1.165, 1.54) is 5.56 Å². The Morgan fingerprint density at radius 2 is 1.48 bits per heavy atom. The number of phenols is 1. The first-order valence-electron chi connectivity index (χ1n) is 10.6. The Morgan fingerprint density at radius 1 is 0.871 bits per heavy atom. The van der Waals surface area contributed by atoms with E-state index in [4.69, 9.17) is 0 Å². The highest BCUT2D eigenvalue weighted by atomic mass is 16.3. The first-order chi connectivity index (χ1) is 15.1. The van der Waals surface area contributed by atoms with Crippen molar-refractivity contribution < 1.29 is 5.11 Å². The molecule has 0 radical (unpaired) electrons. The number of aromatic nitrogens is 2. The van der Waals surface area contributed by atoms with Crippen molar-refractivity contribution in [3.8, 4) is 16.9 Å². The van der Waals surface area contributed by atoms with Gasteiger partial charge in [0.05, 0.1) is 11.7 Å². The summed E-state index contributed by atoms with van der Waals surface area (Å²) in [5.74, 6) is 0.154. The number of para-hydroxylation sites is 1. The minimum absolute atomic E-state index is 0.115. The van der Waals surface area contributed by atoms with Crippen LogP contribution in [-0.2, 0) is 12.8 Å². The Morgan fingerprint density at radius 3 is 2.16 bits per heavy atom. The first kappa shape index (κ1) is 20.6. The molecule has 0 saturated carbocycles. The Labute approximate surface area is 182 Å². The number of rotatable bonds is 6. The Balaban J connectivity index is 1.86. The molecule has 0 amide bonds. The highest BCUT2D eigenvalue weighted by molar-refractivity contribution is 5.74. The lowest BCUT2D eigenvalue weighted by molar-refractivity contribution is 0.476. The average molecular weight is 411 g/mol. The molecule has 1 unspecified atom stereocenters. The van der Waals surface area contributed by atoms with Crippen molar-refractivity contribution in [3.05, 3.63) is 118 Å². The van der Waals surface area contributed by atoms with Gasteiger partial charge in [0.25, 0.3) is 5.56 Å². The maximum atomic E-state index is 13.7. The minimum Gasteiger partial charge on any atom is -0.507 e. The fourth-order valence-electron chi connectivity index (χ4n) is 4.04. The highest BCUT2D eigenvalue weighted by Crippen LogP contribution is 2.33. The third-order valence-electron chi connectivity index (χ3n) is 5.72. The molecule has 0 spiro atoms. The molecule has 4 rings (SSSR count). The molecule has 156 valence electrons. The van der Waals surface area contributed by atoms with Crippen LogP contribution in [0, 0.1) is 6.92 Å². The van der Waals surface area contributed by atoms with Crippen LogP contribution in [0.1, 0.15) is 35.3 Å². The maximum absolute atomic E-state index is 13.7. The average Bonchev–Trinajstić information content (AvgIpc) is 2.81. The molecular formula is C27H26N2O2. The SMILES string of the molecule is Cc1nn(C(C)c2ccccc2)c(=O)c(CCc2ccccc2)c1-c1ccccc1O. The quantitative estimate of drug-likeness (QED) is 0.468. The van der Waals surface area contributed by atoms with Crippen molar-refractivity contribution in [3.63, 3.8) is 0 Å². The van der Waals surface area contributed by atoms with Crippen molar-refractivity contribution >= 4 is 0 Å². The molecule has 1 N–H and O–H groups in total. The summed E-state index contributed by atoms with van der Waals surface area (Å²) in [6.45, 7) is 3.89. The van der Waals surface area contributed by atoms with Crippen LogP contribution in [0.3, 0.4) is 0 Å². The lowest BCUT2D eigenvalue weighted by Crippen LogP contribution is -2.31. The molecular weight excluding hydrogens is 384 g/mol. The van der Waals surface area contributed by atoms with Gasteiger partial charge in [-0.15, -0.1) is 0 Å². The number of hydrogen-bond donors (Lipinski definition) is 1. The summed E-state index contributed by atoms with van der Waals surface area (Å²) in [7, 11) is 0. The van der Waals surface area contributed by atoms with E-state index in [1.54, 1.807) is 16.8 Å². The van der Waals surface area contributed by atoms with Crippen LogP contribution in [0.4, 0.5) is 0 Å². The first-order valence-corrected chi connectivity index (χ1v) is 10.6. The van der Waals surface area contributed by atoms with Gasteiger partial charge in [0, 0.05) is 16.7 Å². The van der Waals surface area contributed by atoms with E-state index in [1.807, 2.05) is 74.5 Å². The zero-order chi connectivity index (χ0) is 21.8. The van der Waals surface area contributed by atoms with E-state index < -0.39 is 0 Å². The smallest absolute Gasteiger partial charge is 0.271 e. The number of phenolic OH excluding ortho intramolecular Hbond substituents is 1. The van der Waals surface area contributed by atoms with Crippen LogP contribution in [-0.4, -0.2) is 14.9 Å². The lowest BCUT2D eigenvalue weighted by Gasteiger charge is -2.20. The highest BCUT2D eigenvalue weighted by Gasteiger charge is 2.21. The summed E-state index contributed by atoms with van der Waals surface area (Å²) in [4.78, 5) is 13.7. The van der Waals surface area contributed by atoms with E-state index >= 15 is 0 Å². The van der Waals surface area contributed by atoms with E-state index in [2.05, 4.69) is 17.2 Å². The van der Waals surface area contributed by atoms with E-state index in [0.717, 1.165) is 23.2 Å². The number of aryl methyl sites for hydroxylation is 2. The predicted molar refractivity (Wildman–Crippen MR) is 124 cm³/mol. The summed E-state index contributed by atoms with van der Waals surface area (Å²) < 4.78 is 1.58. The Bertz CT molecular complexity index is 1230. The van der Waals surface area contributed by atoms with Crippen molar-refractivity contribution in [2.24, 2.45) is 0 Å². The molecule has 0 bridgehead atoms. The Kier molecular flexibility index (Phi) is 5.99. The topological polar surface area (TPSA) is 55.1 Å². The van der Waals surface area contributed by atoms with Crippen molar-refractivity contribution in [1.82, 2.24) is 9.78 Å². The van der Waals surface area contributed by atoms with Crippen LogP contribution in [0.25, 0.3) is 11.1 Å². The molecule has 3 aromatic carbocycles. The van der Waals surface area contributed by atoms with Crippen molar-refractivity contribution in [2.75, 3.05) is 0 Å². The molecule has 4 aromatic rings. The van der Waals surface area contributed by atoms with Gasteiger partial charge in [0.15, 0.2) is 0 Å². The second kappa shape index (κ2) is 9.00. The number of hydrogen-bond acceptors (Lipinski definition) is 3. The van der Waals surface area contributed by atoms with Crippen LogP contribution in [0.5, 0.6) is 5.75 Å². The van der Waals surface area contributed by atoms with Crippen LogP contribution >= 0.6 is 0 Å². The molecule has 0 aliphatic rings. The second-order valence-corrected chi connectivity index (χ2v) is 7.78. The molecule has 1 aromatic heterocycles. The van der Waals surface area contributed by atoms with E-state index in [9.17, 15) is 9.90 Å². The van der Waals surface area contributed by atoms with Crippen molar-refractivity contribution in [2.45, 2.75) is 32.7 Å². The van der Waals surface area contributed by atoms with Gasteiger partial charge >= 0.3 is 0 Å². The normalized spacial score (nSPS) is 11.9. The summed E-state index contributed by atoms with van der Waals surface area (Å²) in [5.41, 5.74) is 4.87. The van der Waals surface area contributed by atoms with Crippen molar-refractivity contribution in [1.29, 1.82) is 0 Å². The van der Waals surface area contributed by atoms with E-state index in [0.29, 0.717) is 17.5 Å². The molecule has 0 aliphatic carbocycles. The molecule has 0 saturated heterocycles. The predicted octanol–water partition coefficient (Wildman–Crippen LogP) is 5.32. The fraction of sp³-hybridized carbons (Fsp3) is 0.185. The molecule has 4 heteroatoms. The largest absolute Gasteiger partial charge is 0.507 e. The zero-order valence-corrected chi connectivity index (χ0v) is 17.8. The van der Waals surface area contributed by atoms with Gasteiger partial charge in [-0.2, -0.15) is 5.10 Å². The third-order valence-corrected chi connectivity index (χ3v) is 5.72. The fourth-order valence-corrected chi connectivity index (χ4v) is 4.04. The second-order valence-electron chi connectivity index (χ2n) is 7.78. The van der Waals surface area contributed by atoms with Gasteiger partial charge in [-0.1, -0.05) is 78.9 Å². The van der Waals surface area contributed by atoms with Gasteiger partial charge in [-0.3, -0.25) is 4.79 Å².